The fraction of sp³-hybridized carbons (Fsp3) is 0.321. The number of nitrogens with zero attached hydrogens (tertiary/aromatic N) is 2. The summed E-state index contributed by atoms with van der Waals surface area (Å²) in [6.07, 6.45) is 2.53. The predicted molar refractivity (Wildman–Crippen MR) is 147 cm³/mol. The molecule has 12 heteroatoms. The monoisotopic (exact) mass is 587 g/mol. The molecule has 0 unspecified atom stereocenters. The molecule has 3 aromatic carbocycles. The van der Waals surface area contributed by atoms with Gasteiger partial charge in [0.25, 0.3) is 0 Å². The fourth-order valence-electron chi connectivity index (χ4n) is 5.18. The van der Waals surface area contributed by atoms with Gasteiger partial charge in [-0.15, -0.1) is 0 Å². The Morgan fingerprint density at radius 3 is 2.25 bits per heavy atom. The van der Waals surface area contributed by atoms with E-state index in [0.29, 0.717) is 18.7 Å². The highest BCUT2D eigenvalue weighted by molar-refractivity contribution is 7.89. The van der Waals surface area contributed by atoms with E-state index in [1.807, 2.05) is 6.07 Å². The highest BCUT2D eigenvalue weighted by atomic mass is 32.2. The summed E-state index contributed by atoms with van der Waals surface area (Å²) in [6, 6.07) is 15.3. The van der Waals surface area contributed by atoms with E-state index in [2.05, 4.69) is 5.32 Å². The molecule has 0 aliphatic carbocycles. The first-order valence-electron chi connectivity index (χ1n) is 12.9. The summed E-state index contributed by atoms with van der Waals surface area (Å²) in [7, 11) is -6.93. The summed E-state index contributed by atoms with van der Waals surface area (Å²) >= 11 is 0. The van der Waals surface area contributed by atoms with Crippen molar-refractivity contribution in [3.8, 4) is 5.75 Å². The molecule has 2 aliphatic rings. The molecule has 0 spiro atoms. The molecule has 40 heavy (non-hydrogen) atoms. The minimum Gasteiger partial charge on any atom is -0.495 e. The third-order valence-corrected chi connectivity index (χ3v) is 11.1. The smallest absolute Gasteiger partial charge is 0.247 e. The molecule has 0 bridgehead atoms. The number of rotatable bonds is 7. The Bertz CT molecular complexity index is 1640. The van der Waals surface area contributed by atoms with Gasteiger partial charge in [0.1, 0.15) is 27.4 Å². The van der Waals surface area contributed by atoms with Crippen molar-refractivity contribution in [3.05, 3.63) is 83.7 Å². The Balaban J connectivity index is 1.49. The molecule has 2 aliphatic heterocycles. The highest BCUT2D eigenvalue weighted by Gasteiger charge is 2.41. The van der Waals surface area contributed by atoms with Crippen LogP contribution in [0.2, 0.25) is 0 Å². The second-order valence-corrected chi connectivity index (χ2v) is 13.6. The average molecular weight is 588 g/mol. The average Bonchev–Trinajstić information content (AvgIpc) is 2.97. The molecule has 0 aromatic heterocycles. The van der Waals surface area contributed by atoms with Crippen LogP contribution in [-0.4, -0.2) is 57.6 Å². The van der Waals surface area contributed by atoms with Crippen LogP contribution in [0.5, 0.6) is 5.75 Å². The van der Waals surface area contributed by atoms with Gasteiger partial charge in [-0.2, -0.15) is 8.61 Å². The normalized spacial score (nSPS) is 18.6. The standard InChI is InChI=1S/C28H30FN3O6S2/c1-38-25-14-13-22(18-27(25)39(34,35)31-15-7-2-8-16-31)30-28(33)24-17-20-9-3-4-10-21(20)19-32(24)40(36,37)26-12-6-5-11-23(26)29/h3-6,9-14,18,24H,2,7-8,15-17,19H2,1H3,(H,30,33)/t24-/m1/s1. The van der Waals surface area contributed by atoms with E-state index < -0.39 is 42.7 Å². The van der Waals surface area contributed by atoms with Crippen LogP contribution < -0.4 is 10.1 Å². The van der Waals surface area contributed by atoms with E-state index in [0.717, 1.165) is 35.2 Å². The molecule has 0 saturated carbocycles. The predicted octanol–water partition coefficient (Wildman–Crippen LogP) is 3.76. The Hall–Kier alpha value is -3.32. The highest BCUT2D eigenvalue weighted by Crippen LogP contribution is 2.33. The van der Waals surface area contributed by atoms with Crippen LogP contribution in [0, 0.1) is 5.82 Å². The second-order valence-electron chi connectivity index (χ2n) is 9.79. The van der Waals surface area contributed by atoms with Gasteiger partial charge in [0.2, 0.25) is 26.0 Å². The second kappa shape index (κ2) is 11.3. The number of benzene rings is 3. The SMILES string of the molecule is COc1ccc(NC(=O)[C@H]2Cc3ccccc3CN2S(=O)(=O)c2ccccc2F)cc1S(=O)(=O)N1CCCCC1. The van der Waals surface area contributed by atoms with Gasteiger partial charge in [-0.05, 0) is 60.7 Å². The van der Waals surface area contributed by atoms with Crippen LogP contribution >= 0.6 is 0 Å². The van der Waals surface area contributed by atoms with Crippen molar-refractivity contribution < 1.29 is 30.8 Å². The Morgan fingerprint density at radius 2 is 1.55 bits per heavy atom. The summed E-state index contributed by atoms with van der Waals surface area (Å²) in [4.78, 5) is 13.1. The third-order valence-electron chi connectivity index (χ3n) is 7.30. The Kier molecular flexibility index (Phi) is 7.96. The molecular formula is C28H30FN3O6S2. The first-order valence-corrected chi connectivity index (χ1v) is 15.8. The number of anilines is 1. The zero-order valence-corrected chi connectivity index (χ0v) is 23.5. The molecule has 1 saturated heterocycles. The summed E-state index contributed by atoms with van der Waals surface area (Å²) in [5.41, 5.74) is 1.68. The number of carbonyl (C=O) groups is 1. The van der Waals surface area contributed by atoms with Gasteiger partial charge in [0, 0.05) is 25.3 Å². The maximum absolute atomic E-state index is 14.6. The van der Waals surface area contributed by atoms with E-state index in [1.54, 1.807) is 18.2 Å². The first-order chi connectivity index (χ1) is 19.1. The van der Waals surface area contributed by atoms with Gasteiger partial charge in [-0.3, -0.25) is 4.79 Å². The molecule has 1 N–H and O–H groups in total. The Morgan fingerprint density at radius 1 is 0.875 bits per heavy atom. The quantitative estimate of drug-likeness (QED) is 0.451. The van der Waals surface area contributed by atoms with Crippen LogP contribution in [0.25, 0.3) is 0 Å². The molecule has 212 valence electrons. The fourth-order valence-corrected chi connectivity index (χ4v) is 8.51. The number of fused-ring (bicyclic) bond motifs is 1. The number of hydrogen-bond acceptors (Lipinski definition) is 6. The molecule has 0 radical (unpaired) electrons. The van der Waals surface area contributed by atoms with E-state index in [1.165, 1.54) is 47.8 Å². The molecular weight excluding hydrogens is 557 g/mol. The zero-order chi connectivity index (χ0) is 28.5. The van der Waals surface area contributed by atoms with Gasteiger partial charge in [0.05, 0.1) is 7.11 Å². The van der Waals surface area contributed by atoms with Crippen molar-refractivity contribution in [2.24, 2.45) is 0 Å². The van der Waals surface area contributed by atoms with Crippen molar-refractivity contribution in [1.29, 1.82) is 0 Å². The number of methoxy groups -OCH3 is 1. The van der Waals surface area contributed by atoms with Gasteiger partial charge in [0.15, 0.2) is 0 Å². The number of carbonyl (C=O) groups excluding carboxylic acids is 1. The lowest BCUT2D eigenvalue weighted by atomic mass is 9.95. The van der Waals surface area contributed by atoms with Gasteiger partial charge in [-0.25, -0.2) is 21.2 Å². The van der Waals surface area contributed by atoms with Crippen molar-refractivity contribution in [1.82, 2.24) is 8.61 Å². The van der Waals surface area contributed by atoms with Gasteiger partial charge < -0.3 is 10.1 Å². The number of amides is 1. The maximum atomic E-state index is 14.6. The summed E-state index contributed by atoms with van der Waals surface area (Å²) in [5.74, 6) is -1.44. The largest absolute Gasteiger partial charge is 0.495 e. The van der Waals surface area contributed by atoms with Crippen molar-refractivity contribution in [2.45, 2.75) is 48.1 Å². The molecule has 9 nitrogen and oxygen atoms in total. The van der Waals surface area contributed by atoms with E-state index in [4.69, 9.17) is 4.74 Å². The zero-order valence-electron chi connectivity index (χ0n) is 21.9. The van der Waals surface area contributed by atoms with Crippen molar-refractivity contribution >= 4 is 31.6 Å². The number of hydrogen-bond donors (Lipinski definition) is 1. The third kappa shape index (κ3) is 5.36. The summed E-state index contributed by atoms with van der Waals surface area (Å²) in [5, 5.41) is 2.70. The van der Waals surface area contributed by atoms with Crippen LogP contribution in [0.3, 0.4) is 0 Å². The van der Waals surface area contributed by atoms with Crippen LogP contribution in [0.1, 0.15) is 30.4 Å². The Labute approximate surface area is 233 Å². The minimum absolute atomic E-state index is 0.0603. The number of ether oxygens (including phenoxy) is 1. The molecule has 2 heterocycles. The van der Waals surface area contributed by atoms with E-state index in [-0.39, 0.29) is 29.3 Å². The van der Waals surface area contributed by atoms with Gasteiger partial charge >= 0.3 is 0 Å². The number of piperidine rings is 1. The topological polar surface area (TPSA) is 113 Å². The van der Waals surface area contributed by atoms with Crippen LogP contribution in [0.15, 0.2) is 76.5 Å². The van der Waals surface area contributed by atoms with Gasteiger partial charge in [-0.1, -0.05) is 42.8 Å². The molecule has 1 atom stereocenters. The minimum atomic E-state index is -4.40. The molecule has 5 rings (SSSR count). The molecule has 1 fully saturated rings. The summed E-state index contributed by atoms with van der Waals surface area (Å²) < 4.78 is 76.5. The van der Waals surface area contributed by atoms with Crippen LogP contribution in [-0.2, 0) is 37.8 Å². The lowest BCUT2D eigenvalue weighted by Crippen LogP contribution is -2.50. The first kappa shape index (κ1) is 28.2. The molecule has 1 amide bonds. The number of nitrogens with one attached hydrogen (secondary N) is 1. The lowest BCUT2D eigenvalue weighted by molar-refractivity contribution is -0.120. The van der Waals surface area contributed by atoms with Crippen molar-refractivity contribution in [3.63, 3.8) is 0 Å². The summed E-state index contributed by atoms with van der Waals surface area (Å²) in [6.45, 7) is 0.668. The molecule has 3 aromatic rings. The van der Waals surface area contributed by atoms with E-state index in [9.17, 15) is 26.0 Å². The van der Waals surface area contributed by atoms with Crippen LogP contribution in [0.4, 0.5) is 10.1 Å². The number of halogens is 1. The lowest BCUT2D eigenvalue weighted by Gasteiger charge is -2.35. The van der Waals surface area contributed by atoms with Crippen molar-refractivity contribution in [2.75, 3.05) is 25.5 Å². The number of sulfonamides is 2. The maximum Gasteiger partial charge on any atom is 0.247 e. The van der Waals surface area contributed by atoms with E-state index >= 15 is 0 Å².